The van der Waals surface area contributed by atoms with Gasteiger partial charge in [0.05, 0.1) is 20.6 Å². The topological polar surface area (TPSA) is 77.1 Å². The molecule has 0 aliphatic carbocycles. The zero-order chi connectivity index (χ0) is 18.4. The van der Waals surface area contributed by atoms with Gasteiger partial charge in [0, 0.05) is 19.6 Å². The highest BCUT2D eigenvalue weighted by atomic mass is 19.3. The van der Waals surface area contributed by atoms with Crippen LogP contribution in [-0.4, -0.2) is 56.7 Å². The number of methoxy groups -OCH3 is 2. The van der Waals surface area contributed by atoms with Crippen LogP contribution in [-0.2, 0) is 20.9 Å². The zero-order valence-electron chi connectivity index (χ0n) is 14.0. The van der Waals surface area contributed by atoms with Crippen LogP contribution in [0.3, 0.4) is 0 Å². The first-order chi connectivity index (χ1) is 11.9. The number of benzene rings is 1. The molecule has 2 rings (SSSR count). The molecule has 0 spiro atoms. The van der Waals surface area contributed by atoms with Gasteiger partial charge in [-0.15, -0.1) is 0 Å². The smallest absolute Gasteiger partial charge is 0.387 e. The van der Waals surface area contributed by atoms with E-state index in [1.54, 1.807) is 12.1 Å². The van der Waals surface area contributed by atoms with Gasteiger partial charge in [-0.3, -0.25) is 14.5 Å². The lowest BCUT2D eigenvalue weighted by Crippen LogP contribution is -2.55. The SMILES string of the molecule is COC(=O)CC1C(=O)NCCN1Cc1ccc(OC(F)F)c(OC)c1. The minimum Gasteiger partial charge on any atom is -0.493 e. The lowest BCUT2D eigenvalue weighted by atomic mass is 10.1. The van der Waals surface area contributed by atoms with E-state index in [-0.39, 0.29) is 23.8 Å². The second-order valence-corrected chi connectivity index (χ2v) is 5.42. The number of rotatable bonds is 7. The van der Waals surface area contributed by atoms with Gasteiger partial charge in [0.1, 0.15) is 6.04 Å². The number of nitrogens with zero attached hydrogens (tertiary/aromatic N) is 1. The van der Waals surface area contributed by atoms with Crippen molar-refractivity contribution in [2.75, 3.05) is 27.3 Å². The lowest BCUT2D eigenvalue weighted by molar-refractivity contribution is -0.146. The van der Waals surface area contributed by atoms with Crippen molar-refractivity contribution in [3.63, 3.8) is 0 Å². The van der Waals surface area contributed by atoms with Crippen LogP contribution in [0.2, 0.25) is 0 Å². The van der Waals surface area contributed by atoms with Crippen LogP contribution in [0.15, 0.2) is 18.2 Å². The van der Waals surface area contributed by atoms with Crippen molar-refractivity contribution < 1.29 is 32.6 Å². The van der Waals surface area contributed by atoms with Crippen LogP contribution in [0.4, 0.5) is 8.78 Å². The van der Waals surface area contributed by atoms with E-state index in [1.165, 1.54) is 20.3 Å². The Kier molecular flexibility index (Phi) is 6.51. The van der Waals surface area contributed by atoms with Crippen molar-refractivity contribution >= 4 is 11.9 Å². The Bertz CT molecular complexity index is 627. The number of nitrogens with one attached hydrogen (secondary N) is 1. The number of amides is 1. The Balaban J connectivity index is 2.15. The van der Waals surface area contributed by atoms with Crippen LogP contribution in [0.1, 0.15) is 12.0 Å². The highest BCUT2D eigenvalue weighted by Crippen LogP contribution is 2.30. The highest BCUT2D eigenvalue weighted by molar-refractivity contribution is 5.87. The Labute approximate surface area is 143 Å². The molecule has 0 saturated carbocycles. The van der Waals surface area contributed by atoms with Crippen molar-refractivity contribution in [3.8, 4) is 11.5 Å². The molecule has 0 radical (unpaired) electrons. The number of esters is 1. The molecule has 1 unspecified atom stereocenters. The van der Waals surface area contributed by atoms with Crippen molar-refractivity contribution in [2.45, 2.75) is 25.6 Å². The summed E-state index contributed by atoms with van der Waals surface area (Å²) in [6, 6.07) is 3.92. The molecule has 1 fully saturated rings. The van der Waals surface area contributed by atoms with E-state index < -0.39 is 18.6 Å². The first kappa shape index (κ1) is 18.9. The van der Waals surface area contributed by atoms with E-state index in [9.17, 15) is 18.4 Å². The second kappa shape index (κ2) is 8.61. The van der Waals surface area contributed by atoms with Gasteiger partial charge in [-0.25, -0.2) is 0 Å². The Morgan fingerprint density at radius 3 is 2.76 bits per heavy atom. The van der Waals surface area contributed by atoms with E-state index in [0.29, 0.717) is 19.6 Å². The fraction of sp³-hybridized carbons (Fsp3) is 0.500. The maximum absolute atomic E-state index is 12.4. The maximum atomic E-state index is 12.4. The predicted octanol–water partition coefficient (Wildman–Crippen LogP) is 1.16. The van der Waals surface area contributed by atoms with Crippen molar-refractivity contribution in [3.05, 3.63) is 23.8 Å². The van der Waals surface area contributed by atoms with Crippen molar-refractivity contribution in [2.24, 2.45) is 0 Å². The first-order valence-electron chi connectivity index (χ1n) is 7.65. The van der Waals surface area contributed by atoms with Crippen molar-refractivity contribution in [1.82, 2.24) is 10.2 Å². The average Bonchev–Trinajstić information content (AvgIpc) is 2.58. The van der Waals surface area contributed by atoms with E-state index >= 15 is 0 Å². The summed E-state index contributed by atoms with van der Waals surface area (Å²) < 4.78 is 38.9. The van der Waals surface area contributed by atoms with Gasteiger partial charge in [-0.2, -0.15) is 8.78 Å². The standard InChI is InChI=1S/C16H20F2N2O5/c1-23-13-7-10(3-4-12(13)25-16(17)18)9-20-6-5-19-15(22)11(20)8-14(21)24-2/h3-4,7,11,16H,5-6,8-9H2,1-2H3,(H,19,22). The molecule has 1 aromatic carbocycles. The molecule has 1 heterocycles. The molecule has 1 aliphatic heterocycles. The van der Waals surface area contributed by atoms with Gasteiger partial charge in [-0.1, -0.05) is 6.07 Å². The number of carbonyl (C=O) groups is 2. The van der Waals surface area contributed by atoms with Crippen LogP contribution in [0.25, 0.3) is 0 Å². The highest BCUT2D eigenvalue weighted by Gasteiger charge is 2.32. The average molecular weight is 358 g/mol. The van der Waals surface area contributed by atoms with Crippen LogP contribution in [0.5, 0.6) is 11.5 Å². The van der Waals surface area contributed by atoms with E-state index in [0.717, 1.165) is 5.56 Å². The van der Waals surface area contributed by atoms with Crippen LogP contribution in [0, 0.1) is 0 Å². The summed E-state index contributed by atoms with van der Waals surface area (Å²) in [7, 11) is 2.62. The Morgan fingerprint density at radius 2 is 2.12 bits per heavy atom. The van der Waals surface area contributed by atoms with Gasteiger partial charge in [-0.05, 0) is 17.7 Å². The molecule has 138 valence electrons. The normalized spacial score (nSPS) is 18.0. The minimum atomic E-state index is -2.95. The molecule has 9 heteroatoms. The Morgan fingerprint density at radius 1 is 1.36 bits per heavy atom. The second-order valence-electron chi connectivity index (χ2n) is 5.42. The summed E-state index contributed by atoms with van der Waals surface area (Å²) >= 11 is 0. The summed E-state index contributed by atoms with van der Waals surface area (Å²) in [5.41, 5.74) is 0.739. The largest absolute Gasteiger partial charge is 0.493 e. The zero-order valence-corrected chi connectivity index (χ0v) is 14.0. The van der Waals surface area contributed by atoms with E-state index in [1.807, 2.05) is 4.90 Å². The third-order valence-corrected chi connectivity index (χ3v) is 3.86. The van der Waals surface area contributed by atoms with Crippen molar-refractivity contribution in [1.29, 1.82) is 0 Å². The van der Waals surface area contributed by atoms with Gasteiger partial charge < -0.3 is 19.5 Å². The maximum Gasteiger partial charge on any atom is 0.387 e. The Hall–Kier alpha value is -2.42. The molecule has 0 aromatic heterocycles. The molecular weight excluding hydrogens is 338 g/mol. The third kappa shape index (κ3) is 5.02. The molecule has 1 atom stereocenters. The minimum absolute atomic E-state index is 0.0634. The van der Waals surface area contributed by atoms with Crippen LogP contribution < -0.4 is 14.8 Å². The number of piperazine rings is 1. The summed E-state index contributed by atoms with van der Waals surface area (Å²) in [6.07, 6.45) is -0.0634. The molecule has 0 bridgehead atoms. The monoisotopic (exact) mass is 358 g/mol. The van der Waals surface area contributed by atoms with Gasteiger partial charge >= 0.3 is 12.6 Å². The molecule has 1 aromatic rings. The molecule has 7 nitrogen and oxygen atoms in total. The van der Waals surface area contributed by atoms with Gasteiger partial charge in [0.25, 0.3) is 0 Å². The first-order valence-corrected chi connectivity index (χ1v) is 7.65. The quantitative estimate of drug-likeness (QED) is 0.737. The lowest BCUT2D eigenvalue weighted by Gasteiger charge is -2.34. The summed E-state index contributed by atoms with van der Waals surface area (Å²) in [4.78, 5) is 25.4. The van der Waals surface area contributed by atoms with Crippen LogP contribution >= 0.6 is 0 Å². The summed E-state index contributed by atoms with van der Waals surface area (Å²) in [5, 5.41) is 2.71. The summed E-state index contributed by atoms with van der Waals surface area (Å²) in [5.74, 6) is -0.626. The molecule has 1 aliphatic rings. The number of hydrogen-bond donors (Lipinski definition) is 1. The predicted molar refractivity (Wildman–Crippen MR) is 83.5 cm³/mol. The molecule has 1 N–H and O–H groups in total. The van der Waals surface area contributed by atoms with E-state index in [4.69, 9.17) is 4.74 Å². The fourth-order valence-electron chi connectivity index (χ4n) is 2.65. The number of halogens is 2. The van der Waals surface area contributed by atoms with Gasteiger partial charge in [0.15, 0.2) is 11.5 Å². The third-order valence-electron chi connectivity index (χ3n) is 3.86. The number of alkyl halides is 2. The number of hydrogen-bond acceptors (Lipinski definition) is 6. The fourth-order valence-corrected chi connectivity index (χ4v) is 2.65. The summed E-state index contributed by atoms with van der Waals surface area (Å²) in [6.45, 7) is -1.60. The number of ether oxygens (including phenoxy) is 3. The molecule has 25 heavy (non-hydrogen) atoms. The number of carbonyl (C=O) groups excluding carboxylic acids is 2. The molecule has 1 amide bonds. The van der Waals surface area contributed by atoms with Gasteiger partial charge in [0.2, 0.25) is 5.91 Å². The molecule has 1 saturated heterocycles. The molecular formula is C16H20F2N2O5. The van der Waals surface area contributed by atoms with E-state index in [2.05, 4.69) is 14.8 Å².